The third-order valence-electron chi connectivity index (χ3n) is 5.35. The molecule has 7 nitrogen and oxygen atoms in total. The molecule has 11 heteroatoms. The molecular formula is C22H24F3N3O4S. The molecule has 2 aromatic carbocycles. The van der Waals surface area contributed by atoms with E-state index in [1.54, 1.807) is 0 Å². The predicted molar refractivity (Wildman–Crippen MR) is 117 cm³/mol. The molecule has 0 aromatic heterocycles. The average molecular weight is 484 g/mol. The molecule has 0 saturated carbocycles. The van der Waals surface area contributed by atoms with Gasteiger partial charge in [0.2, 0.25) is 15.9 Å². The Hall–Kier alpha value is -3.08. The van der Waals surface area contributed by atoms with Crippen molar-refractivity contribution in [1.82, 2.24) is 10.6 Å². The first kappa shape index (κ1) is 24.6. The molecular weight excluding hydrogens is 459 g/mol. The van der Waals surface area contributed by atoms with Gasteiger partial charge in [-0.25, -0.2) is 21.6 Å². The SMILES string of the molecule is CS(=O)(=O)Nc1ccc(F)c(C(=O)NCCNC(=O)CCC2CCc3cc(F)c(F)cc32)c1. The zero-order chi connectivity index (χ0) is 24.2. The van der Waals surface area contributed by atoms with Crippen LogP contribution in [0.4, 0.5) is 18.9 Å². The first-order chi connectivity index (χ1) is 15.5. The summed E-state index contributed by atoms with van der Waals surface area (Å²) in [6.45, 7) is 0.138. The minimum absolute atomic E-state index is 0.0173. The highest BCUT2D eigenvalue weighted by Gasteiger charge is 2.25. The number of amides is 2. The van der Waals surface area contributed by atoms with Crippen LogP contribution in [0.15, 0.2) is 30.3 Å². The highest BCUT2D eigenvalue weighted by atomic mass is 32.2. The van der Waals surface area contributed by atoms with Crippen molar-refractivity contribution >= 4 is 27.5 Å². The number of benzene rings is 2. The Balaban J connectivity index is 1.43. The van der Waals surface area contributed by atoms with Gasteiger partial charge in [-0.1, -0.05) is 0 Å². The summed E-state index contributed by atoms with van der Waals surface area (Å²) in [6.07, 6.45) is 2.97. The molecule has 0 aliphatic heterocycles. The third-order valence-corrected chi connectivity index (χ3v) is 5.96. The summed E-state index contributed by atoms with van der Waals surface area (Å²) in [7, 11) is -3.58. The van der Waals surface area contributed by atoms with E-state index in [9.17, 15) is 31.2 Å². The summed E-state index contributed by atoms with van der Waals surface area (Å²) >= 11 is 0. The highest BCUT2D eigenvalue weighted by molar-refractivity contribution is 7.92. The molecule has 0 fully saturated rings. The van der Waals surface area contributed by atoms with Crippen LogP contribution in [0.3, 0.4) is 0 Å². The second kappa shape index (κ2) is 10.2. The van der Waals surface area contributed by atoms with E-state index in [2.05, 4.69) is 15.4 Å². The molecule has 3 rings (SSSR count). The Morgan fingerprint density at radius 1 is 1.00 bits per heavy atom. The number of hydrogen-bond donors (Lipinski definition) is 3. The molecule has 1 aliphatic rings. The minimum Gasteiger partial charge on any atom is -0.354 e. The van der Waals surface area contributed by atoms with Crippen LogP contribution >= 0.6 is 0 Å². The minimum atomic E-state index is -3.58. The fourth-order valence-corrected chi connectivity index (χ4v) is 4.38. The lowest BCUT2D eigenvalue weighted by molar-refractivity contribution is -0.121. The number of carbonyl (C=O) groups is 2. The molecule has 3 N–H and O–H groups in total. The van der Waals surface area contributed by atoms with Crippen LogP contribution in [0.2, 0.25) is 0 Å². The van der Waals surface area contributed by atoms with Crippen LogP contribution in [0, 0.1) is 17.5 Å². The number of sulfonamides is 1. The zero-order valence-electron chi connectivity index (χ0n) is 17.9. The third kappa shape index (κ3) is 6.70. The normalized spacial score (nSPS) is 15.1. The van der Waals surface area contributed by atoms with Crippen molar-refractivity contribution in [3.8, 4) is 0 Å². The summed E-state index contributed by atoms with van der Waals surface area (Å²) in [4.78, 5) is 24.3. The van der Waals surface area contributed by atoms with Crippen molar-refractivity contribution in [1.29, 1.82) is 0 Å². The van der Waals surface area contributed by atoms with Crippen molar-refractivity contribution in [2.24, 2.45) is 0 Å². The number of rotatable bonds is 9. The van der Waals surface area contributed by atoms with Crippen LogP contribution in [-0.2, 0) is 21.2 Å². The van der Waals surface area contributed by atoms with E-state index >= 15 is 0 Å². The molecule has 178 valence electrons. The van der Waals surface area contributed by atoms with Gasteiger partial charge in [0.1, 0.15) is 5.82 Å². The van der Waals surface area contributed by atoms with Gasteiger partial charge in [0.15, 0.2) is 11.6 Å². The second-order valence-electron chi connectivity index (χ2n) is 7.91. The maximum Gasteiger partial charge on any atom is 0.254 e. The quantitative estimate of drug-likeness (QED) is 0.477. The van der Waals surface area contributed by atoms with Gasteiger partial charge in [-0.05, 0) is 66.6 Å². The van der Waals surface area contributed by atoms with Gasteiger partial charge < -0.3 is 10.6 Å². The molecule has 2 amide bonds. The van der Waals surface area contributed by atoms with E-state index in [4.69, 9.17) is 0 Å². The number of aryl methyl sites for hydroxylation is 1. The zero-order valence-corrected chi connectivity index (χ0v) is 18.7. The first-order valence-electron chi connectivity index (χ1n) is 10.3. The number of anilines is 1. The Kier molecular flexibility index (Phi) is 7.62. The van der Waals surface area contributed by atoms with E-state index in [-0.39, 0.29) is 42.6 Å². The van der Waals surface area contributed by atoms with E-state index in [1.807, 2.05) is 0 Å². The van der Waals surface area contributed by atoms with Gasteiger partial charge in [-0.3, -0.25) is 14.3 Å². The summed E-state index contributed by atoms with van der Waals surface area (Å²) in [5.41, 5.74) is 1.22. The van der Waals surface area contributed by atoms with Gasteiger partial charge in [0.05, 0.1) is 11.8 Å². The number of nitrogens with one attached hydrogen (secondary N) is 3. The van der Waals surface area contributed by atoms with Gasteiger partial charge >= 0.3 is 0 Å². The smallest absolute Gasteiger partial charge is 0.254 e. The van der Waals surface area contributed by atoms with Gasteiger partial charge in [0.25, 0.3) is 5.91 Å². The molecule has 1 unspecified atom stereocenters. The molecule has 2 aromatic rings. The Morgan fingerprint density at radius 3 is 2.42 bits per heavy atom. The molecule has 0 radical (unpaired) electrons. The van der Waals surface area contributed by atoms with Gasteiger partial charge in [-0.2, -0.15) is 0 Å². The highest BCUT2D eigenvalue weighted by Crippen LogP contribution is 2.37. The largest absolute Gasteiger partial charge is 0.354 e. The lowest BCUT2D eigenvalue weighted by atomic mass is 9.96. The molecule has 0 heterocycles. The van der Waals surface area contributed by atoms with Crippen LogP contribution in [0.5, 0.6) is 0 Å². The first-order valence-corrected chi connectivity index (χ1v) is 12.2. The molecule has 0 spiro atoms. The summed E-state index contributed by atoms with van der Waals surface area (Å²) in [6, 6.07) is 5.67. The van der Waals surface area contributed by atoms with Crippen molar-refractivity contribution in [2.45, 2.75) is 31.6 Å². The second-order valence-corrected chi connectivity index (χ2v) is 9.66. The average Bonchev–Trinajstić information content (AvgIpc) is 3.11. The maximum atomic E-state index is 13.9. The van der Waals surface area contributed by atoms with Crippen molar-refractivity contribution < 1.29 is 31.2 Å². The van der Waals surface area contributed by atoms with Gasteiger partial charge in [0, 0.05) is 25.2 Å². The van der Waals surface area contributed by atoms with Gasteiger partial charge in [-0.15, -0.1) is 0 Å². The fraction of sp³-hybridized carbons (Fsp3) is 0.364. The number of carbonyl (C=O) groups excluding carboxylic acids is 2. The van der Waals surface area contributed by atoms with Crippen molar-refractivity contribution in [2.75, 3.05) is 24.1 Å². The number of fused-ring (bicyclic) bond motifs is 1. The van der Waals surface area contributed by atoms with Crippen LogP contribution in [-0.4, -0.2) is 39.6 Å². The van der Waals surface area contributed by atoms with E-state index in [0.29, 0.717) is 12.8 Å². The fourth-order valence-electron chi connectivity index (χ4n) is 3.83. The standard InChI is InChI=1S/C22H24F3N3O4S/c1-33(31,32)28-15-5-6-18(23)17(11-15)22(30)27-9-8-26-21(29)7-4-13-2-3-14-10-19(24)20(25)12-16(13)14/h5-6,10-13,28H,2-4,7-9H2,1H3,(H,26,29)(H,27,30). The lowest BCUT2D eigenvalue weighted by Crippen LogP contribution is -2.35. The number of halogens is 3. The summed E-state index contributed by atoms with van der Waals surface area (Å²) < 4.78 is 65.5. The molecule has 1 atom stereocenters. The Bertz CT molecular complexity index is 1170. The monoisotopic (exact) mass is 483 g/mol. The Labute approximate surface area is 189 Å². The molecule has 1 aliphatic carbocycles. The Morgan fingerprint density at radius 2 is 1.70 bits per heavy atom. The maximum absolute atomic E-state index is 13.9. The van der Waals surface area contributed by atoms with E-state index in [0.717, 1.165) is 35.9 Å². The molecule has 0 bridgehead atoms. The molecule has 0 saturated heterocycles. The van der Waals surface area contributed by atoms with Crippen molar-refractivity contribution in [3.63, 3.8) is 0 Å². The van der Waals surface area contributed by atoms with Crippen LogP contribution in [0.25, 0.3) is 0 Å². The van der Waals surface area contributed by atoms with E-state index in [1.165, 1.54) is 18.2 Å². The predicted octanol–water partition coefficient (Wildman–Crippen LogP) is 2.83. The number of hydrogen-bond acceptors (Lipinski definition) is 4. The van der Waals surface area contributed by atoms with Crippen LogP contribution < -0.4 is 15.4 Å². The van der Waals surface area contributed by atoms with Crippen molar-refractivity contribution in [3.05, 3.63) is 64.5 Å². The molecule has 33 heavy (non-hydrogen) atoms. The summed E-state index contributed by atoms with van der Waals surface area (Å²) in [5.74, 6) is -3.61. The summed E-state index contributed by atoms with van der Waals surface area (Å²) in [5, 5.41) is 5.10. The lowest BCUT2D eigenvalue weighted by Gasteiger charge is -2.12. The topological polar surface area (TPSA) is 104 Å². The van der Waals surface area contributed by atoms with E-state index < -0.39 is 33.4 Å². The van der Waals surface area contributed by atoms with Crippen LogP contribution in [0.1, 0.15) is 46.7 Å².